The lowest BCUT2D eigenvalue weighted by Gasteiger charge is -2.07. The molecule has 2 heterocycles. The Balaban J connectivity index is 2.23. The molecule has 0 aliphatic carbocycles. The van der Waals surface area contributed by atoms with Crippen molar-refractivity contribution < 1.29 is 4.79 Å². The number of nitrogens with one attached hydrogen (secondary N) is 2. The summed E-state index contributed by atoms with van der Waals surface area (Å²) < 4.78 is 0. The summed E-state index contributed by atoms with van der Waals surface area (Å²) in [6.07, 6.45) is 3.82. The average Bonchev–Trinajstić information content (AvgIpc) is 2.47. The molecule has 0 fully saturated rings. The summed E-state index contributed by atoms with van der Waals surface area (Å²) in [4.78, 5) is 24.1. The van der Waals surface area contributed by atoms with Crippen LogP contribution in [0.3, 0.4) is 0 Å². The Hall–Kier alpha value is -2.54. The van der Waals surface area contributed by atoms with Crippen LogP contribution in [0.25, 0.3) is 0 Å². The first-order chi connectivity index (χ1) is 9.22. The van der Waals surface area contributed by atoms with E-state index in [1.54, 1.807) is 30.6 Å². The van der Waals surface area contributed by atoms with Gasteiger partial charge >= 0.3 is 0 Å². The van der Waals surface area contributed by atoms with Gasteiger partial charge in [-0.05, 0) is 24.6 Å². The molecule has 2 aromatic heterocycles. The highest BCUT2D eigenvalue weighted by Crippen LogP contribution is 2.11. The largest absolute Gasteiger partial charge is 0.308 e. The van der Waals surface area contributed by atoms with Gasteiger partial charge in [0.1, 0.15) is 5.82 Å². The molecule has 98 valence electrons. The zero-order valence-corrected chi connectivity index (χ0v) is 10.4. The van der Waals surface area contributed by atoms with Gasteiger partial charge in [-0.3, -0.25) is 10.1 Å². The molecule has 2 aromatic rings. The summed E-state index contributed by atoms with van der Waals surface area (Å²) in [6.45, 7) is 1.95. The van der Waals surface area contributed by atoms with Gasteiger partial charge in [0.25, 0.3) is 5.91 Å². The Morgan fingerprint density at radius 3 is 2.68 bits per heavy atom. The Kier molecular flexibility index (Phi) is 3.99. The fourth-order valence-corrected chi connectivity index (χ4v) is 1.51. The van der Waals surface area contributed by atoms with Crippen molar-refractivity contribution in [2.75, 3.05) is 10.7 Å². The molecule has 0 bridgehead atoms. The van der Waals surface area contributed by atoms with Gasteiger partial charge in [-0.2, -0.15) is 0 Å². The van der Waals surface area contributed by atoms with Gasteiger partial charge in [-0.25, -0.2) is 20.8 Å². The SMILES string of the molecule is CCc1cc(C(=O)Nc2ncccn2)cc(NN)n1. The number of nitrogen functional groups attached to an aromatic ring is 1. The third-order valence-electron chi connectivity index (χ3n) is 2.44. The molecule has 7 nitrogen and oxygen atoms in total. The van der Waals surface area contributed by atoms with Crippen LogP contribution in [0.2, 0.25) is 0 Å². The monoisotopic (exact) mass is 258 g/mol. The van der Waals surface area contributed by atoms with Crippen molar-refractivity contribution in [2.24, 2.45) is 5.84 Å². The lowest BCUT2D eigenvalue weighted by Crippen LogP contribution is -2.16. The van der Waals surface area contributed by atoms with Crippen molar-refractivity contribution in [1.82, 2.24) is 15.0 Å². The van der Waals surface area contributed by atoms with Crippen molar-refractivity contribution in [3.8, 4) is 0 Å². The van der Waals surface area contributed by atoms with Gasteiger partial charge in [-0.1, -0.05) is 6.92 Å². The predicted molar refractivity (Wildman–Crippen MR) is 71.4 cm³/mol. The fourth-order valence-electron chi connectivity index (χ4n) is 1.51. The third-order valence-corrected chi connectivity index (χ3v) is 2.44. The molecule has 0 aliphatic heterocycles. The number of rotatable bonds is 4. The molecule has 0 aromatic carbocycles. The first-order valence-corrected chi connectivity index (χ1v) is 5.79. The lowest BCUT2D eigenvalue weighted by molar-refractivity contribution is 0.102. The minimum Gasteiger partial charge on any atom is -0.308 e. The Morgan fingerprint density at radius 1 is 1.32 bits per heavy atom. The smallest absolute Gasteiger partial charge is 0.258 e. The highest BCUT2D eigenvalue weighted by atomic mass is 16.1. The van der Waals surface area contributed by atoms with Crippen molar-refractivity contribution in [2.45, 2.75) is 13.3 Å². The van der Waals surface area contributed by atoms with Crippen LogP contribution in [-0.4, -0.2) is 20.9 Å². The molecule has 0 saturated heterocycles. The van der Waals surface area contributed by atoms with Gasteiger partial charge in [0, 0.05) is 23.7 Å². The highest BCUT2D eigenvalue weighted by Gasteiger charge is 2.10. The van der Waals surface area contributed by atoms with Crippen LogP contribution in [0, 0.1) is 0 Å². The number of aryl methyl sites for hydroxylation is 1. The molecule has 1 amide bonds. The van der Waals surface area contributed by atoms with E-state index in [0.29, 0.717) is 17.8 Å². The Labute approximate surface area is 110 Å². The molecule has 2 rings (SSSR count). The number of hydrogen-bond acceptors (Lipinski definition) is 6. The second kappa shape index (κ2) is 5.87. The van der Waals surface area contributed by atoms with Gasteiger partial charge in [0.2, 0.25) is 5.95 Å². The van der Waals surface area contributed by atoms with E-state index < -0.39 is 0 Å². The summed E-state index contributed by atoms with van der Waals surface area (Å²) in [5.41, 5.74) is 3.66. The molecule has 0 unspecified atom stereocenters. The summed E-state index contributed by atoms with van der Waals surface area (Å²) >= 11 is 0. The van der Waals surface area contributed by atoms with E-state index >= 15 is 0 Å². The lowest BCUT2D eigenvalue weighted by atomic mass is 10.2. The maximum Gasteiger partial charge on any atom is 0.258 e. The van der Waals surface area contributed by atoms with Crippen LogP contribution in [0.5, 0.6) is 0 Å². The number of amides is 1. The zero-order chi connectivity index (χ0) is 13.7. The van der Waals surface area contributed by atoms with Gasteiger partial charge in [-0.15, -0.1) is 0 Å². The van der Waals surface area contributed by atoms with E-state index in [1.165, 1.54) is 0 Å². The number of hydrogen-bond donors (Lipinski definition) is 3. The molecule has 0 radical (unpaired) electrons. The van der Waals surface area contributed by atoms with Crippen LogP contribution in [0.15, 0.2) is 30.6 Å². The van der Waals surface area contributed by atoms with E-state index in [9.17, 15) is 4.79 Å². The average molecular weight is 258 g/mol. The number of anilines is 2. The molecular formula is C12H14N6O. The van der Waals surface area contributed by atoms with Gasteiger partial charge in [0.05, 0.1) is 0 Å². The molecule has 7 heteroatoms. The van der Waals surface area contributed by atoms with E-state index in [1.807, 2.05) is 6.92 Å². The van der Waals surface area contributed by atoms with Crippen LogP contribution in [0.1, 0.15) is 23.0 Å². The quantitative estimate of drug-likeness (QED) is 0.557. The van der Waals surface area contributed by atoms with Crippen molar-refractivity contribution in [1.29, 1.82) is 0 Å². The fraction of sp³-hybridized carbons (Fsp3) is 0.167. The summed E-state index contributed by atoms with van der Waals surface area (Å²) in [5, 5.41) is 2.60. The number of aromatic nitrogens is 3. The number of hydrazine groups is 1. The van der Waals surface area contributed by atoms with Gasteiger partial charge in [0.15, 0.2) is 0 Å². The number of nitrogens with two attached hydrogens (primary N) is 1. The molecule has 19 heavy (non-hydrogen) atoms. The molecule has 0 atom stereocenters. The van der Waals surface area contributed by atoms with E-state index in [4.69, 9.17) is 5.84 Å². The zero-order valence-electron chi connectivity index (χ0n) is 10.4. The highest BCUT2D eigenvalue weighted by molar-refractivity contribution is 6.03. The van der Waals surface area contributed by atoms with Crippen LogP contribution in [-0.2, 0) is 6.42 Å². The van der Waals surface area contributed by atoms with E-state index in [2.05, 4.69) is 25.7 Å². The second-order valence-electron chi connectivity index (χ2n) is 3.76. The maximum atomic E-state index is 12.1. The first-order valence-electron chi connectivity index (χ1n) is 5.79. The minimum absolute atomic E-state index is 0.254. The van der Waals surface area contributed by atoms with Crippen LogP contribution >= 0.6 is 0 Å². The number of carbonyl (C=O) groups excluding carboxylic acids is 1. The Morgan fingerprint density at radius 2 is 2.05 bits per heavy atom. The van der Waals surface area contributed by atoms with Gasteiger partial charge < -0.3 is 5.43 Å². The molecule has 4 N–H and O–H groups in total. The maximum absolute atomic E-state index is 12.1. The van der Waals surface area contributed by atoms with Crippen LogP contribution < -0.4 is 16.6 Å². The topological polar surface area (TPSA) is 106 Å². The summed E-state index contributed by atoms with van der Waals surface area (Å²) in [7, 11) is 0. The predicted octanol–water partition coefficient (Wildman–Crippen LogP) is 0.972. The number of nitrogens with zero attached hydrogens (tertiary/aromatic N) is 3. The number of pyridine rings is 1. The number of carbonyl (C=O) groups is 1. The van der Waals surface area contributed by atoms with E-state index in [-0.39, 0.29) is 11.9 Å². The molecule has 0 spiro atoms. The molecular weight excluding hydrogens is 244 g/mol. The molecule has 0 aliphatic rings. The summed E-state index contributed by atoms with van der Waals surface area (Å²) in [6, 6.07) is 4.95. The second-order valence-corrected chi connectivity index (χ2v) is 3.76. The summed E-state index contributed by atoms with van der Waals surface area (Å²) in [5.74, 6) is 5.72. The van der Waals surface area contributed by atoms with Crippen molar-refractivity contribution in [3.05, 3.63) is 41.9 Å². The third kappa shape index (κ3) is 3.23. The normalized spacial score (nSPS) is 10.0. The van der Waals surface area contributed by atoms with Crippen LogP contribution in [0.4, 0.5) is 11.8 Å². The Bertz CT molecular complexity index is 549. The van der Waals surface area contributed by atoms with Crippen molar-refractivity contribution >= 4 is 17.7 Å². The first kappa shape index (κ1) is 12.9. The minimum atomic E-state index is -0.306. The standard InChI is InChI=1S/C12H14N6O/c1-2-9-6-8(7-10(16-9)18-13)11(19)17-12-14-4-3-5-15-12/h3-7H,2,13H2,1H3,(H,16,18)(H,14,15,17,19). The van der Waals surface area contributed by atoms with E-state index in [0.717, 1.165) is 5.69 Å². The van der Waals surface area contributed by atoms with Crippen molar-refractivity contribution in [3.63, 3.8) is 0 Å². The molecule has 0 saturated carbocycles.